The van der Waals surface area contributed by atoms with Crippen LogP contribution >= 0.6 is 38.9 Å². The molecule has 0 saturated heterocycles. The van der Waals surface area contributed by atoms with E-state index in [9.17, 15) is 12.8 Å². The first-order valence-electron chi connectivity index (χ1n) is 8.05. The van der Waals surface area contributed by atoms with Crippen LogP contribution < -0.4 is 13.8 Å². The van der Waals surface area contributed by atoms with Crippen LogP contribution in [-0.2, 0) is 16.6 Å². The number of anilines is 1. The summed E-state index contributed by atoms with van der Waals surface area (Å²) < 4.78 is 53.1. The predicted octanol–water partition coefficient (Wildman–Crippen LogP) is 5.11. The second-order valence-corrected chi connectivity index (χ2v) is 9.67. The van der Waals surface area contributed by atoms with Crippen molar-refractivity contribution in [1.29, 1.82) is 0 Å². The van der Waals surface area contributed by atoms with Crippen molar-refractivity contribution in [2.45, 2.75) is 11.4 Å². The van der Waals surface area contributed by atoms with Crippen LogP contribution in [0.3, 0.4) is 0 Å². The molecule has 29 heavy (non-hydrogen) atoms. The van der Waals surface area contributed by atoms with Crippen LogP contribution in [0.15, 0.2) is 51.3 Å². The molecule has 0 saturated carbocycles. The van der Waals surface area contributed by atoms with Crippen molar-refractivity contribution in [3.8, 4) is 11.5 Å². The number of halogens is 3. The number of rotatable bonds is 7. The van der Waals surface area contributed by atoms with Gasteiger partial charge >= 0.3 is 0 Å². The first-order chi connectivity index (χ1) is 13.8. The van der Waals surface area contributed by atoms with Crippen LogP contribution in [0.1, 0.15) is 5.56 Å². The molecule has 0 spiro atoms. The van der Waals surface area contributed by atoms with Gasteiger partial charge in [-0.05, 0) is 40.2 Å². The van der Waals surface area contributed by atoms with E-state index in [0.717, 1.165) is 27.8 Å². The van der Waals surface area contributed by atoms with Gasteiger partial charge in [-0.2, -0.15) is 0 Å². The molecule has 0 bridgehead atoms. The summed E-state index contributed by atoms with van der Waals surface area (Å²) in [6.45, 7) is -0.129. The molecule has 0 amide bonds. The topological polar surface area (TPSA) is 68.7 Å². The van der Waals surface area contributed by atoms with Crippen molar-refractivity contribution < 1.29 is 22.3 Å². The van der Waals surface area contributed by atoms with Crippen molar-refractivity contribution in [1.82, 2.24) is 4.98 Å². The first-order valence-corrected chi connectivity index (χ1v) is 11.5. The Morgan fingerprint density at radius 1 is 1.24 bits per heavy atom. The van der Waals surface area contributed by atoms with Crippen LogP contribution in [0.5, 0.6) is 11.5 Å². The Bertz CT molecular complexity index is 1130. The average molecular weight is 522 g/mol. The molecule has 1 aromatic heterocycles. The van der Waals surface area contributed by atoms with Crippen LogP contribution in [0.4, 0.5) is 9.52 Å². The Kier molecular flexibility index (Phi) is 6.67. The third kappa shape index (κ3) is 4.50. The molecule has 0 aliphatic rings. The van der Waals surface area contributed by atoms with Crippen LogP contribution in [0.25, 0.3) is 0 Å². The molecule has 0 radical (unpaired) electrons. The number of sulfonamides is 1. The van der Waals surface area contributed by atoms with Crippen molar-refractivity contribution in [2.24, 2.45) is 0 Å². The van der Waals surface area contributed by atoms with E-state index in [2.05, 4.69) is 20.9 Å². The summed E-state index contributed by atoms with van der Waals surface area (Å²) in [7, 11) is -1.34. The number of methoxy groups -OCH3 is 2. The lowest BCUT2D eigenvalue weighted by atomic mass is 10.2. The predicted molar refractivity (Wildman–Crippen MR) is 114 cm³/mol. The molecule has 0 aliphatic heterocycles. The van der Waals surface area contributed by atoms with E-state index >= 15 is 0 Å². The van der Waals surface area contributed by atoms with Gasteiger partial charge in [-0.3, -0.25) is 0 Å². The van der Waals surface area contributed by atoms with Crippen LogP contribution in [0.2, 0.25) is 5.02 Å². The Morgan fingerprint density at radius 2 is 2.00 bits per heavy atom. The zero-order valence-corrected chi connectivity index (χ0v) is 19.2. The quantitative estimate of drug-likeness (QED) is 0.404. The van der Waals surface area contributed by atoms with E-state index in [1.165, 1.54) is 20.4 Å². The molecule has 0 aliphatic carbocycles. The van der Waals surface area contributed by atoms with E-state index in [4.69, 9.17) is 21.1 Å². The zero-order valence-electron chi connectivity index (χ0n) is 15.2. The molecular formula is C18H15BrClFN2O4S2. The molecular weight excluding hydrogens is 507 g/mol. The summed E-state index contributed by atoms with van der Waals surface area (Å²) in [6, 6.07) is 7.09. The van der Waals surface area contributed by atoms with Crippen LogP contribution in [0, 0.1) is 5.82 Å². The summed E-state index contributed by atoms with van der Waals surface area (Å²) in [4.78, 5) is 3.55. The molecule has 0 unspecified atom stereocenters. The number of aromatic nitrogens is 1. The molecule has 3 rings (SSSR count). The van der Waals surface area contributed by atoms with Crippen molar-refractivity contribution in [3.63, 3.8) is 0 Å². The van der Waals surface area contributed by atoms with Gasteiger partial charge in [0.25, 0.3) is 10.0 Å². The molecule has 11 heteroatoms. The number of thiazole rings is 1. The molecule has 0 atom stereocenters. The minimum Gasteiger partial charge on any atom is -0.497 e. The fraction of sp³-hybridized carbons (Fsp3) is 0.167. The fourth-order valence-corrected chi connectivity index (χ4v) is 5.44. The lowest BCUT2D eigenvalue weighted by molar-refractivity contribution is 0.391. The summed E-state index contributed by atoms with van der Waals surface area (Å²) in [5, 5.41) is 1.89. The summed E-state index contributed by atoms with van der Waals surface area (Å²) in [6.07, 6.45) is 1.47. The number of benzene rings is 2. The monoisotopic (exact) mass is 520 g/mol. The zero-order chi connectivity index (χ0) is 21.2. The largest absolute Gasteiger partial charge is 0.497 e. The van der Waals surface area contributed by atoms with Gasteiger partial charge in [-0.1, -0.05) is 11.6 Å². The molecule has 6 nitrogen and oxygen atoms in total. The van der Waals surface area contributed by atoms with E-state index in [-0.39, 0.29) is 21.2 Å². The molecule has 2 aromatic carbocycles. The average Bonchev–Trinajstić information content (AvgIpc) is 3.22. The molecule has 0 N–H and O–H groups in total. The summed E-state index contributed by atoms with van der Waals surface area (Å²) >= 11 is 10.2. The van der Waals surface area contributed by atoms with Gasteiger partial charge in [0.2, 0.25) is 0 Å². The van der Waals surface area contributed by atoms with E-state index in [0.29, 0.717) is 17.1 Å². The van der Waals surface area contributed by atoms with Gasteiger partial charge in [-0.15, -0.1) is 11.3 Å². The highest BCUT2D eigenvalue weighted by Crippen LogP contribution is 2.35. The van der Waals surface area contributed by atoms with Crippen molar-refractivity contribution in [2.75, 3.05) is 18.5 Å². The van der Waals surface area contributed by atoms with E-state index < -0.39 is 20.7 Å². The highest BCUT2D eigenvalue weighted by molar-refractivity contribution is 9.10. The second kappa shape index (κ2) is 8.86. The normalized spacial score (nSPS) is 11.3. The van der Waals surface area contributed by atoms with Gasteiger partial charge in [0.1, 0.15) is 22.2 Å². The van der Waals surface area contributed by atoms with Gasteiger partial charge in [-0.25, -0.2) is 22.1 Å². The third-order valence-corrected chi connectivity index (χ3v) is 7.84. The number of hydrogen-bond acceptors (Lipinski definition) is 6. The Morgan fingerprint density at radius 3 is 2.62 bits per heavy atom. The highest BCUT2D eigenvalue weighted by atomic mass is 79.9. The third-order valence-electron chi connectivity index (χ3n) is 3.98. The van der Waals surface area contributed by atoms with Crippen molar-refractivity contribution >= 4 is 54.0 Å². The minimum atomic E-state index is -4.32. The maximum absolute atomic E-state index is 14.6. The SMILES string of the molecule is COc1ccc(CN(c2nccs2)S(=O)(=O)c2cc(Cl)c(Br)cc2F)c(OC)c1. The molecule has 3 aromatic rings. The Labute approximate surface area is 185 Å². The number of nitrogens with zero attached hydrogens (tertiary/aromatic N) is 2. The van der Waals surface area contributed by atoms with E-state index in [1.54, 1.807) is 23.6 Å². The lowest BCUT2D eigenvalue weighted by Gasteiger charge is -2.23. The van der Waals surface area contributed by atoms with Crippen LogP contribution in [-0.4, -0.2) is 27.6 Å². The maximum Gasteiger partial charge on any atom is 0.269 e. The second-order valence-electron chi connectivity index (χ2n) is 5.70. The first kappa shape index (κ1) is 21.8. The Balaban J connectivity index is 2.11. The lowest BCUT2D eigenvalue weighted by Crippen LogP contribution is -2.31. The maximum atomic E-state index is 14.6. The number of ether oxygens (including phenoxy) is 2. The van der Waals surface area contributed by atoms with E-state index in [1.807, 2.05) is 0 Å². The van der Waals surface area contributed by atoms with Gasteiger partial charge < -0.3 is 9.47 Å². The highest BCUT2D eigenvalue weighted by Gasteiger charge is 2.31. The van der Waals surface area contributed by atoms with Gasteiger partial charge in [0.15, 0.2) is 5.13 Å². The summed E-state index contributed by atoms with van der Waals surface area (Å²) in [5.41, 5.74) is 0.552. The molecule has 0 fully saturated rings. The molecule has 1 heterocycles. The number of hydrogen-bond donors (Lipinski definition) is 0. The van der Waals surface area contributed by atoms with Gasteiger partial charge in [0.05, 0.1) is 25.8 Å². The smallest absolute Gasteiger partial charge is 0.269 e. The summed E-state index contributed by atoms with van der Waals surface area (Å²) in [5.74, 6) is 0.0555. The fourth-order valence-electron chi connectivity index (χ4n) is 2.55. The molecule has 154 valence electrons. The van der Waals surface area contributed by atoms with Gasteiger partial charge in [0, 0.05) is 27.7 Å². The standard InChI is InChI=1S/C18H15BrClFN2O4S2/c1-26-12-4-3-11(16(7-12)27-2)10-23(18-22-5-6-28-18)29(24,25)17-9-14(20)13(19)8-15(17)21/h3-9H,10H2,1-2H3. The minimum absolute atomic E-state index is 0.0751. The Hall–Kier alpha value is -1.88. The van der Waals surface area contributed by atoms with Crippen molar-refractivity contribution in [3.05, 3.63) is 62.8 Å².